The molecule has 2 rings (SSSR count). The first-order valence-corrected chi connectivity index (χ1v) is 4.34. The van der Waals surface area contributed by atoms with Gasteiger partial charge in [-0.2, -0.15) is 0 Å². The van der Waals surface area contributed by atoms with Gasteiger partial charge in [0.15, 0.2) is 0 Å². The standard InChI is InChI=1S/C6H4Br2O2/c7-4-2-1-3-5(8)6(4,9)10-5/h1-3,9H. The van der Waals surface area contributed by atoms with Crippen LogP contribution in [0.2, 0.25) is 0 Å². The number of ether oxygens (including phenoxy) is 1. The van der Waals surface area contributed by atoms with Crippen LogP contribution in [0, 0.1) is 0 Å². The van der Waals surface area contributed by atoms with Crippen LogP contribution in [0.5, 0.6) is 0 Å². The minimum atomic E-state index is -1.15. The molecule has 1 aliphatic heterocycles. The zero-order valence-corrected chi connectivity index (χ0v) is 8.02. The Hall–Kier alpha value is 0.360. The Morgan fingerprint density at radius 3 is 2.80 bits per heavy atom. The monoisotopic (exact) mass is 266 g/mol. The van der Waals surface area contributed by atoms with Crippen LogP contribution in [-0.4, -0.2) is 15.4 Å². The average Bonchev–Trinajstić information content (AvgIpc) is 2.38. The van der Waals surface area contributed by atoms with E-state index in [-0.39, 0.29) is 0 Å². The van der Waals surface area contributed by atoms with Crippen molar-refractivity contribution < 1.29 is 9.84 Å². The largest absolute Gasteiger partial charge is 0.358 e. The number of fused-ring (bicyclic) bond motifs is 1. The Kier molecular flexibility index (Phi) is 1.23. The van der Waals surface area contributed by atoms with E-state index in [0.717, 1.165) is 0 Å². The molecule has 0 spiro atoms. The lowest BCUT2D eigenvalue weighted by atomic mass is 10.1. The summed E-state index contributed by atoms with van der Waals surface area (Å²) in [5, 5.41) is 9.54. The Morgan fingerprint density at radius 1 is 1.60 bits per heavy atom. The molecule has 1 heterocycles. The molecule has 0 saturated carbocycles. The molecular weight excluding hydrogens is 264 g/mol. The second-order valence-electron chi connectivity index (χ2n) is 2.26. The first kappa shape index (κ1) is 7.03. The second kappa shape index (κ2) is 1.75. The summed E-state index contributed by atoms with van der Waals surface area (Å²) in [5.74, 6) is -1.15. The molecule has 0 aromatic rings. The molecule has 0 amide bonds. The van der Waals surface area contributed by atoms with Crippen molar-refractivity contribution in [3.05, 3.63) is 22.7 Å². The summed E-state index contributed by atoms with van der Waals surface area (Å²) >= 11 is 6.42. The number of alkyl halides is 1. The predicted molar refractivity (Wildman–Crippen MR) is 43.8 cm³/mol. The van der Waals surface area contributed by atoms with Gasteiger partial charge in [0, 0.05) is 0 Å². The molecule has 0 radical (unpaired) electrons. The lowest BCUT2D eigenvalue weighted by Gasteiger charge is -2.08. The summed E-state index contributed by atoms with van der Waals surface area (Å²) in [7, 11) is 0. The van der Waals surface area contributed by atoms with Crippen molar-refractivity contribution in [1.29, 1.82) is 0 Å². The van der Waals surface area contributed by atoms with Crippen LogP contribution >= 0.6 is 31.9 Å². The molecule has 10 heavy (non-hydrogen) atoms. The minimum Gasteiger partial charge on any atom is -0.358 e. The van der Waals surface area contributed by atoms with Crippen molar-refractivity contribution in [2.45, 2.75) is 10.3 Å². The zero-order valence-electron chi connectivity index (χ0n) is 4.84. The molecule has 2 unspecified atom stereocenters. The van der Waals surface area contributed by atoms with Crippen molar-refractivity contribution >= 4 is 31.9 Å². The third-order valence-corrected chi connectivity index (χ3v) is 3.36. The van der Waals surface area contributed by atoms with Crippen LogP contribution in [-0.2, 0) is 4.74 Å². The van der Waals surface area contributed by atoms with Crippen molar-refractivity contribution in [3.8, 4) is 0 Å². The third kappa shape index (κ3) is 0.652. The normalized spacial score (nSPS) is 50.1. The highest BCUT2D eigenvalue weighted by Crippen LogP contribution is 2.59. The van der Waals surface area contributed by atoms with Gasteiger partial charge in [0.25, 0.3) is 0 Å². The fourth-order valence-electron chi connectivity index (χ4n) is 0.917. The smallest absolute Gasteiger partial charge is 0.245 e. The van der Waals surface area contributed by atoms with Gasteiger partial charge >= 0.3 is 0 Å². The second-order valence-corrected chi connectivity index (χ2v) is 4.30. The van der Waals surface area contributed by atoms with E-state index in [1.165, 1.54) is 0 Å². The third-order valence-electron chi connectivity index (χ3n) is 1.59. The molecule has 1 N–H and O–H groups in total. The van der Waals surface area contributed by atoms with Crippen LogP contribution in [0.4, 0.5) is 0 Å². The van der Waals surface area contributed by atoms with Gasteiger partial charge in [-0.3, -0.25) is 0 Å². The van der Waals surface area contributed by atoms with Crippen LogP contribution < -0.4 is 0 Å². The number of halogens is 2. The van der Waals surface area contributed by atoms with Gasteiger partial charge in [-0.15, -0.1) is 0 Å². The number of hydrogen-bond donors (Lipinski definition) is 1. The summed E-state index contributed by atoms with van der Waals surface area (Å²) < 4.78 is 5.01. The fourth-order valence-corrected chi connectivity index (χ4v) is 2.31. The predicted octanol–water partition coefficient (Wildman–Crippen LogP) is 1.64. The van der Waals surface area contributed by atoms with Crippen molar-refractivity contribution in [2.24, 2.45) is 0 Å². The van der Waals surface area contributed by atoms with Gasteiger partial charge in [-0.25, -0.2) is 0 Å². The molecule has 1 aliphatic carbocycles. The summed E-state index contributed by atoms with van der Waals surface area (Å²) in [6.45, 7) is 0. The maximum absolute atomic E-state index is 9.54. The molecule has 1 saturated heterocycles. The van der Waals surface area contributed by atoms with E-state index in [1.807, 2.05) is 6.08 Å². The molecule has 2 nitrogen and oxygen atoms in total. The number of aliphatic hydroxyl groups is 1. The zero-order chi connectivity index (χ0) is 7.41. The average molecular weight is 268 g/mol. The molecule has 0 aromatic carbocycles. The Balaban J connectivity index is 2.44. The highest BCUT2D eigenvalue weighted by atomic mass is 79.9. The first-order chi connectivity index (χ1) is 4.58. The molecule has 54 valence electrons. The highest BCUT2D eigenvalue weighted by Gasteiger charge is 2.70. The summed E-state index contributed by atoms with van der Waals surface area (Å²) in [4.78, 5) is 0. The summed E-state index contributed by atoms with van der Waals surface area (Å²) in [5.41, 5.74) is 0. The molecule has 2 atom stereocenters. The van der Waals surface area contributed by atoms with E-state index in [9.17, 15) is 5.11 Å². The Labute approximate surface area is 74.8 Å². The molecule has 0 bridgehead atoms. The van der Waals surface area contributed by atoms with Gasteiger partial charge in [-0.05, 0) is 44.0 Å². The van der Waals surface area contributed by atoms with Crippen LogP contribution in [0.15, 0.2) is 22.7 Å². The quantitative estimate of drug-likeness (QED) is 0.535. The lowest BCUT2D eigenvalue weighted by Crippen LogP contribution is -2.20. The molecule has 0 aromatic heterocycles. The van der Waals surface area contributed by atoms with Crippen LogP contribution in [0.25, 0.3) is 0 Å². The van der Waals surface area contributed by atoms with E-state index in [0.29, 0.717) is 4.48 Å². The van der Waals surface area contributed by atoms with Crippen molar-refractivity contribution in [2.75, 3.05) is 0 Å². The maximum atomic E-state index is 9.54. The number of allylic oxidation sites excluding steroid dienone is 2. The summed E-state index contributed by atoms with van der Waals surface area (Å²) in [6.07, 6.45) is 5.34. The first-order valence-electron chi connectivity index (χ1n) is 2.75. The van der Waals surface area contributed by atoms with E-state index < -0.39 is 10.3 Å². The van der Waals surface area contributed by atoms with Crippen LogP contribution in [0.1, 0.15) is 0 Å². The van der Waals surface area contributed by atoms with Crippen molar-refractivity contribution in [1.82, 2.24) is 0 Å². The van der Waals surface area contributed by atoms with Crippen LogP contribution in [0.3, 0.4) is 0 Å². The maximum Gasteiger partial charge on any atom is 0.245 e. The van der Waals surface area contributed by atoms with Gasteiger partial charge in [-0.1, -0.05) is 6.08 Å². The molecule has 2 aliphatic rings. The SMILES string of the molecule is OC12OC1(Br)C=CC=C2Br. The Bertz CT molecular complexity index is 248. The molecular formula is C6H4Br2O2. The topological polar surface area (TPSA) is 32.8 Å². The van der Waals surface area contributed by atoms with E-state index in [1.54, 1.807) is 12.2 Å². The molecule has 4 heteroatoms. The minimum absolute atomic E-state index is 0.652. The lowest BCUT2D eigenvalue weighted by molar-refractivity contribution is 0.0797. The number of rotatable bonds is 0. The number of hydrogen-bond acceptors (Lipinski definition) is 2. The van der Waals surface area contributed by atoms with E-state index in [4.69, 9.17) is 4.74 Å². The van der Waals surface area contributed by atoms with Gasteiger partial charge in [0.1, 0.15) is 0 Å². The molecule has 1 fully saturated rings. The van der Waals surface area contributed by atoms with Crippen molar-refractivity contribution in [3.63, 3.8) is 0 Å². The summed E-state index contributed by atoms with van der Waals surface area (Å²) in [6, 6.07) is 0. The Morgan fingerprint density at radius 2 is 2.30 bits per heavy atom. The van der Waals surface area contributed by atoms with E-state index >= 15 is 0 Å². The fraction of sp³-hybridized carbons (Fsp3) is 0.333. The van der Waals surface area contributed by atoms with E-state index in [2.05, 4.69) is 31.9 Å². The van der Waals surface area contributed by atoms with Gasteiger partial charge in [0.05, 0.1) is 4.48 Å². The number of epoxide rings is 1. The highest BCUT2D eigenvalue weighted by molar-refractivity contribution is 9.12. The van der Waals surface area contributed by atoms with Gasteiger partial charge in [0.2, 0.25) is 10.3 Å². The van der Waals surface area contributed by atoms with Gasteiger partial charge < -0.3 is 9.84 Å².